The number of urea groups is 1. The van der Waals surface area contributed by atoms with Crippen LogP contribution in [0, 0.1) is 11.3 Å². The summed E-state index contributed by atoms with van der Waals surface area (Å²) in [5.41, 5.74) is -1.95. The van der Waals surface area contributed by atoms with Crippen molar-refractivity contribution >= 4 is 23.6 Å². The smallest absolute Gasteiger partial charge is 0.416 e. The predicted molar refractivity (Wildman–Crippen MR) is 119 cm³/mol. The van der Waals surface area contributed by atoms with Crippen LogP contribution in [-0.4, -0.2) is 29.6 Å². The van der Waals surface area contributed by atoms with Crippen molar-refractivity contribution in [3.63, 3.8) is 0 Å². The largest absolute Gasteiger partial charge is 0.477 e. The zero-order valence-electron chi connectivity index (χ0n) is 18.5. The molecule has 2 aromatic carbocycles. The van der Waals surface area contributed by atoms with Gasteiger partial charge in [0.2, 0.25) is 0 Å². The lowest BCUT2D eigenvalue weighted by molar-refractivity contribution is -0.137. The quantitative estimate of drug-likeness (QED) is 0.509. The van der Waals surface area contributed by atoms with Crippen molar-refractivity contribution in [2.24, 2.45) is 0 Å². The Balaban J connectivity index is 2.21. The third kappa shape index (κ3) is 5.43. The van der Waals surface area contributed by atoms with Gasteiger partial charge in [0.25, 0.3) is 5.91 Å². The molecule has 0 unspecified atom stereocenters. The monoisotopic (exact) mass is 486 g/mol. The highest BCUT2D eigenvalue weighted by atomic mass is 19.4. The Morgan fingerprint density at radius 2 is 1.89 bits per heavy atom. The number of halogens is 3. The van der Waals surface area contributed by atoms with Crippen LogP contribution in [0.1, 0.15) is 42.5 Å². The van der Waals surface area contributed by atoms with Gasteiger partial charge in [0.1, 0.15) is 5.70 Å². The van der Waals surface area contributed by atoms with E-state index in [0.29, 0.717) is 28.5 Å². The van der Waals surface area contributed by atoms with E-state index in [1.54, 1.807) is 0 Å². The average molecular weight is 486 g/mol. The van der Waals surface area contributed by atoms with Gasteiger partial charge in [-0.25, -0.2) is 9.59 Å². The molecular formula is C24H21F3N4O4. The Kier molecular flexibility index (Phi) is 7.44. The van der Waals surface area contributed by atoms with Crippen molar-refractivity contribution < 1.29 is 32.7 Å². The van der Waals surface area contributed by atoms with Crippen LogP contribution in [-0.2, 0) is 15.8 Å². The van der Waals surface area contributed by atoms with E-state index < -0.39 is 41.4 Å². The molecule has 1 atom stereocenters. The summed E-state index contributed by atoms with van der Waals surface area (Å²) in [6.45, 7) is 2.12. The summed E-state index contributed by atoms with van der Waals surface area (Å²) in [6, 6.07) is 9.09. The number of carbonyl (C=O) groups excluding carboxylic acids is 2. The molecule has 1 heterocycles. The molecule has 0 radical (unpaired) electrons. The number of carbonyl (C=O) groups is 3. The molecule has 3 rings (SSSR count). The number of benzene rings is 2. The first-order valence-electron chi connectivity index (χ1n) is 10.6. The van der Waals surface area contributed by atoms with Gasteiger partial charge in [-0.05, 0) is 42.3 Å². The van der Waals surface area contributed by atoms with Crippen molar-refractivity contribution in [2.75, 3.05) is 11.4 Å². The number of nitrogens with zero attached hydrogens (tertiary/aromatic N) is 2. The number of amides is 3. The Morgan fingerprint density at radius 3 is 2.46 bits per heavy atom. The van der Waals surface area contributed by atoms with Crippen LogP contribution in [0.15, 0.2) is 59.8 Å². The number of aliphatic carboxylic acids is 1. The average Bonchev–Trinajstić information content (AvgIpc) is 2.83. The molecule has 3 amide bonds. The summed E-state index contributed by atoms with van der Waals surface area (Å²) in [7, 11) is 0. The minimum atomic E-state index is -4.74. The molecule has 8 nitrogen and oxygen atoms in total. The van der Waals surface area contributed by atoms with E-state index in [-0.39, 0.29) is 17.8 Å². The maximum absolute atomic E-state index is 13.3. The summed E-state index contributed by atoms with van der Waals surface area (Å²) < 4.78 is 39.8. The molecular weight excluding hydrogens is 465 g/mol. The molecule has 1 aliphatic rings. The molecule has 35 heavy (non-hydrogen) atoms. The highest BCUT2D eigenvalue weighted by molar-refractivity contribution is 6.14. The summed E-state index contributed by atoms with van der Waals surface area (Å²) in [4.78, 5) is 39.1. The van der Waals surface area contributed by atoms with Crippen molar-refractivity contribution in [2.45, 2.75) is 32.0 Å². The minimum Gasteiger partial charge on any atom is -0.477 e. The van der Waals surface area contributed by atoms with E-state index in [1.165, 1.54) is 24.3 Å². The van der Waals surface area contributed by atoms with Crippen LogP contribution in [0.5, 0.6) is 0 Å². The zero-order valence-corrected chi connectivity index (χ0v) is 18.5. The van der Waals surface area contributed by atoms with Gasteiger partial charge >= 0.3 is 18.2 Å². The number of hydrogen-bond donors (Lipinski definition) is 3. The first-order chi connectivity index (χ1) is 16.6. The Bertz CT molecular complexity index is 1220. The Hall–Kier alpha value is -4.33. The van der Waals surface area contributed by atoms with E-state index in [1.807, 2.05) is 13.0 Å². The number of nitriles is 1. The van der Waals surface area contributed by atoms with Crippen LogP contribution in [0.2, 0.25) is 0 Å². The molecule has 182 valence electrons. The number of carboxylic acid groups (broad SMARTS) is 1. The standard InChI is InChI=1S/C24H21F3N4O4/c1-2-3-11-29-21(32)18-19(15-9-7-14(13-28)8-10-15)30-23(35)31(20(18)22(33)34)17-6-4-5-16(12-17)24(25,26)27/h4-10,12,19H,2-3,11H2,1H3,(H,29,32)(H,30,35)(H,33,34)/t19-/m1/s1. The number of unbranched alkanes of at least 4 members (excludes halogenated alkanes) is 1. The maximum Gasteiger partial charge on any atom is 0.416 e. The molecule has 0 spiro atoms. The van der Waals surface area contributed by atoms with Gasteiger partial charge in [0.05, 0.1) is 34.5 Å². The molecule has 0 bridgehead atoms. The van der Waals surface area contributed by atoms with Crippen molar-refractivity contribution in [3.8, 4) is 6.07 Å². The fraction of sp³-hybridized carbons (Fsp3) is 0.250. The molecule has 1 aliphatic heterocycles. The third-order valence-electron chi connectivity index (χ3n) is 5.31. The minimum absolute atomic E-state index is 0.226. The molecule has 2 aromatic rings. The number of anilines is 1. The first-order valence-corrected chi connectivity index (χ1v) is 10.6. The van der Waals surface area contributed by atoms with E-state index in [2.05, 4.69) is 10.6 Å². The first kappa shape index (κ1) is 25.3. The van der Waals surface area contributed by atoms with Crippen LogP contribution < -0.4 is 15.5 Å². The summed E-state index contributed by atoms with van der Waals surface area (Å²) in [6.07, 6.45) is -3.38. The van der Waals surface area contributed by atoms with Gasteiger partial charge in [-0.1, -0.05) is 31.5 Å². The Morgan fingerprint density at radius 1 is 1.20 bits per heavy atom. The van der Waals surface area contributed by atoms with Crippen molar-refractivity contribution in [3.05, 3.63) is 76.5 Å². The highest BCUT2D eigenvalue weighted by Crippen LogP contribution is 2.37. The van der Waals surface area contributed by atoms with Gasteiger partial charge in [-0.15, -0.1) is 0 Å². The van der Waals surface area contributed by atoms with Crippen LogP contribution in [0.3, 0.4) is 0 Å². The molecule has 0 aromatic heterocycles. The normalized spacial score (nSPS) is 15.9. The topological polar surface area (TPSA) is 123 Å². The summed E-state index contributed by atoms with van der Waals surface area (Å²) in [5, 5.41) is 24.2. The molecule has 0 aliphatic carbocycles. The van der Waals surface area contributed by atoms with Gasteiger partial charge in [-0.3, -0.25) is 9.69 Å². The third-order valence-corrected chi connectivity index (χ3v) is 5.31. The lowest BCUT2D eigenvalue weighted by Crippen LogP contribution is -2.51. The van der Waals surface area contributed by atoms with E-state index in [4.69, 9.17) is 5.26 Å². The Labute approximate surface area is 198 Å². The number of alkyl halides is 3. The molecule has 3 N–H and O–H groups in total. The lowest BCUT2D eigenvalue weighted by atomic mass is 9.92. The highest BCUT2D eigenvalue weighted by Gasteiger charge is 2.42. The van der Waals surface area contributed by atoms with Gasteiger partial charge in [0, 0.05) is 6.54 Å². The fourth-order valence-corrected chi connectivity index (χ4v) is 3.61. The molecule has 0 saturated heterocycles. The summed E-state index contributed by atoms with van der Waals surface area (Å²) >= 11 is 0. The second kappa shape index (κ2) is 10.3. The zero-order chi connectivity index (χ0) is 25.8. The van der Waals surface area contributed by atoms with Crippen LogP contribution >= 0.6 is 0 Å². The van der Waals surface area contributed by atoms with Gasteiger partial charge in [0.15, 0.2) is 0 Å². The number of nitrogens with one attached hydrogen (secondary N) is 2. The predicted octanol–water partition coefficient (Wildman–Crippen LogP) is 4.10. The summed E-state index contributed by atoms with van der Waals surface area (Å²) in [5.74, 6) is -2.46. The van der Waals surface area contributed by atoms with E-state index >= 15 is 0 Å². The number of hydrogen-bond acceptors (Lipinski definition) is 4. The number of rotatable bonds is 7. The molecule has 0 saturated carbocycles. The maximum atomic E-state index is 13.3. The second-order valence-corrected chi connectivity index (χ2v) is 7.68. The fourth-order valence-electron chi connectivity index (χ4n) is 3.61. The molecule has 0 fully saturated rings. The van der Waals surface area contributed by atoms with Crippen LogP contribution in [0.4, 0.5) is 23.7 Å². The van der Waals surface area contributed by atoms with E-state index in [9.17, 15) is 32.7 Å². The van der Waals surface area contributed by atoms with Crippen LogP contribution in [0.25, 0.3) is 0 Å². The SMILES string of the molecule is CCCCNC(=O)C1=C(C(=O)O)N(c2cccc(C(F)(F)F)c2)C(=O)N[C@@H]1c1ccc(C#N)cc1. The van der Waals surface area contributed by atoms with Gasteiger partial charge in [-0.2, -0.15) is 18.4 Å². The van der Waals surface area contributed by atoms with Crippen molar-refractivity contribution in [1.29, 1.82) is 5.26 Å². The van der Waals surface area contributed by atoms with E-state index in [0.717, 1.165) is 24.6 Å². The van der Waals surface area contributed by atoms with Gasteiger partial charge < -0.3 is 15.7 Å². The van der Waals surface area contributed by atoms with Crippen molar-refractivity contribution in [1.82, 2.24) is 10.6 Å². The molecule has 11 heteroatoms. The lowest BCUT2D eigenvalue weighted by Gasteiger charge is -2.35. The number of carboxylic acids is 1. The second-order valence-electron chi connectivity index (χ2n) is 7.68.